The third-order valence-corrected chi connectivity index (χ3v) is 4.19. The molecule has 2 rings (SSSR count). The molecule has 0 saturated carbocycles. The molecule has 0 spiro atoms. The minimum atomic E-state index is -0.838. The van der Waals surface area contributed by atoms with E-state index in [1.54, 1.807) is 18.2 Å². The number of carbonyl (C=O) groups is 2. The minimum absolute atomic E-state index is 0.257. The lowest BCUT2D eigenvalue weighted by atomic mass is 9.99. The first-order valence-electron chi connectivity index (χ1n) is 8.59. The third kappa shape index (κ3) is 5.71. The van der Waals surface area contributed by atoms with Gasteiger partial charge in [-0.1, -0.05) is 29.4 Å². The molecule has 1 N–H and O–H groups in total. The van der Waals surface area contributed by atoms with Gasteiger partial charge >= 0.3 is 11.9 Å². The highest BCUT2D eigenvalue weighted by Crippen LogP contribution is 2.25. The van der Waals surface area contributed by atoms with Gasteiger partial charge in [-0.15, -0.1) is 0 Å². The maximum Gasteiger partial charge on any atom is 0.331 e. The Balaban J connectivity index is 1.80. The molecule has 2 aliphatic rings. The van der Waals surface area contributed by atoms with Crippen LogP contribution in [0.2, 0.25) is 0 Å². The lowest BCUT2D eigenvalue weighted by Gasteiger charge is -2.10. The highest BCUT2D eigenvalue weighted by atomic mass is 16.6. The van der Waals surface area contributed by atoms with E-state index in [0.717, 1.165) is 24.0 Å². The Kier molecular flexibility index (Phi) is 6.76. The Morgan fingerprint density at radius 3 is 2.72 bits per heavy atom. The fourth-order valence-electron chi connectivity index (χ4n) is 2.83. The Morgan fingerprint density at radius 2 is 2.08 bits per heavy atom. The van der Waals surface area contributed by atoms with Gasteiger partial charge in [-0.2, -0.15) is 0 Å². The van der Waals surface area contributed by atoms with E-state index < -0.39 is 18.1 Å². The Labute approximate surface area is 148 Å². The average molecular weight is 346 g/mol. The number of hydrogen-bond donors (Lipinski definition) is 1. The van der Waals surface area contributed by atoms with Crippen molar-refractivity contribution in [3.8, 4) is 0 Å². The van der Waals surface area contributed by atoms with Crippen LogP contribution < -0.4 is 0 Å². The van der Waals surface area contributed by atoms with Gasteiger partial charge in [0.15, 0.2) is 0 Å². The summed E-state index contributed by atoms with van der Waals surface area (Å²) >= 11 is 0. The summed E-state index contributed by atoms with van der Waals surface area (Å²) in [5, 5.41) is 10.2. The number of hydrogen-bond acceptors (Lipinski definition) is 5. The summed E-state index contributed by atoms with van der Waals surface area (Å²) in [6.07, 6.45) is 10.0. The molecule has 0 aromatic rings. The van der Waals surface area contributed by atoms with E-state index in [9.17, 15) is 14.7 Å². The molecule has 5 heteroatoms. The van der Waals surface area contributed by atoms with Crippen molar-refractivity contribution in [3.05, 3.63) is 47.1 Å². The first kappa shape index (κ1) is 19.2. The maximum atomic E-state index is 11.9. The quantitative estimate of drug-likeness (QED) is 0.567. The number of esters is 2. The van der Waals surface area contributed by atoms with Crippen LogP contribution in [0.3, 0.4) is 0 Å². The number of aliphatic hydroxyl groups is 1. The van der Waals surface area contributed by atoms with E-state index in [4.69, 9.17) is 9.47 Å². The van der Waals surface area contributed by atoms with E-state index in [-0.39, 0.29) is 11.9 Å². The van der Waals surface area contributed by atoms with Crippen molar-refractivity contribution in [2.75, 3.05) is 6.61 Å². The number of rotatable bonds is 7. The Bertz CT molecular complexity index is 634. The van der Waals surface area contributed by atoms with Crippen LogP contribution in [0.1, 0.15) is 40.0 Å². The van der Waals surface area contributed by atoms with Crippen molar-refractivity contribution >= 4 is 11.9 Å². The lowest BCUT2D eigenvalue weighted by Crippen LogP contribution is -2.24. The van der Waals surface area contributed by atoms with Gasteiger partial charge in [-0.05, 0) is 51.7 Å². The highest BCUT2D eigenvalue weighted by Gasteiger charge is 2.40. The molecule has 0 radical (unpaired) electrons. The van der Waals surface area contributed by atoms with Crippen LogP contribution in [-0.4, -0.2) is 35.9 Å². The fraction of sp³-hybridized carbons (Fsp3) is 0.500. The lowest BCUT2D eigenvalue weighted by molar-refractivity contribution is -0.142. The van der Waals surface area contributed by atoms with Gasteiger partial charge in [0.2, 0.25) is 0 Å². The average Bonchev–Trinajstić information content (AvgIpc) is 3.05. The van der Waals surface area contributed by atoms with Gasteiger partial charge in [0.25, 0.3) is 0 Å². The summed E-state index contributed by atoms with van der Waals surface area (Å²) in [5.74, 6) is -1.25. The number of carbonyl (C=O) groups excluding carboxylic acids is 2. The van der Waals surface area contributed by atoms with Gasteiger partial charge in [0, 0.05) is 6.08 Å². The van der Waals surface area contributed by atoms with Crippen LogP contribution in [0.15, 0.2) is 47.1 Å². The second-order valence-electron chi connectivity index (χ2n) is 6.79. The molecule has 0 aliphatic carbocycles. The largest absolute Gasteiger partial charge is 0.458 e. The van der Waals surface area contributed by atoms with Crippen molar-refractivity contribution in [2.45, 2.75) is 52.2 Å². The zero-order chi connectivity index (χ0) is 18.4. The van der Waals surface area contributed by atoms with Gasteiger partial charge < -0.3 is 14.6 Å². The van der Waals surface area contributed by atoms with Crippen LogP contribution >= 0.6 is 0 Å². The third-order valence-electron chi connectivity index (χ3n) is 4.19. The van der Waals surface area contributed by atoms with Gasteiger partial charge in [0.1, 0.15) is 24.7 Å². The molecule has 25 heavy (non-hydrogen) atoms. The summed E-state index contributed by atoms with van der Waals surface area (Å²) < 4.78 is 10.1. The van der Waals surface area contributed by atoms with Crippen molar-refractivity contribution in [3.63, 3.8) is 0 Å². The second kappa shape index (κ2) is 8.81. The van der Waals surface area contributed by atoms with Crippen LogP contribution in [0.25, 0.3) is 0 Å². The van der Waals surface area contributed by atoms with E-state index >= 15 is 0 Å². The molecule has 0 amide bonds. The standard InChI is InChI=1S/C20H26O5/c1-13(2)10-17-19(22)16(20(23)25-17)9-5-7-14(3)6-4-8-15-11-18(21)24-12-15/h5-6,9-11,16-17,19,22H,4,7-8,12H2,1-3H3/b9-5+,14-6+/t16-,17+,19+/m1/s1. The first-order chi connectivity index (χ1) is 11.9. The van der Waals surface area contributed by atoms with Crippen LogP contribution in [0.5, 0.6) is 0 Å². The summed E-state index contributed by atoms with van der Waals surface area (Å²) in [7, 11) is 0. The summed E-state index contributed by atoms with van der Waals surface area (Å²) in [6, 6.07) is 0. The minimum Gasteiger partial charge on any atom is -0.458 e. The molecule has 3 atom stereocenters. The SMILES string of the molecule is CC(C)=C[C@@H]1OC(=O)[C@H](/C=C/C/C(C)=C/CCC2=CC(=O)OC2)[C@@H]1O. The molecular formula is C20H26O5. The van der Waals surface area contributed by atoms with Crippen molar-refractivity contribution in [2.24, 2.45) is 5.92 Å². The molecule has 2 heterocycles. The molecule has 0 aromatic carbocycles. The predicted molar refractivity (Wildman–Crippen MR) is 94.6 cm³/mol. The zero-order valence-electron chi connectivity index (χ0n) is 15.0. The molecule has 1 saturated heterocycles. The molecule has 136 valence electrons. The van der Waals surface area contributed by atoms with Crippen LogP contribution in [0.4, 0.5) is 0 Å². The summed E-state index contributed by atoms with van der Waals surface area (Å²) in [4.78, 5) is 22.8. The topological polar surface area (TPSA) is 72.8 Å². The number of aliphatic hydroxyl groups excluding tert-OH is 1. The first-order valence-corrected chi connectivity index (χ1v) is 8.59. The van der Waals surface area contributed by atoms with E-state index in [2.05, 4.69) is 6.08 Å². The molecular weight excluding hydrogens is 320 g/mol. The van der Waals surface area contributed by atoms with Crippen molar-refractivity contribution in [1.29, 1.82) is 0 Å². The molecule has 0 aromatic heterocycles. The molecule has 0 bridgehead atoms. The number of cyclic esters (lactones) is 2. The fourth-order valence-corrected chi connectivity index (χ4v) is 2.83. The number of ether oxygens (including phenoxy) is 2. The Hall–Kier alpha value is -2.14. The van der Waals surface area contributed by atoms with Gasteiger partial charge in [-0.3, -0.25) is 4.79 Å². The predicted octanol–water partition coefficient (Wildman–Crippen LogP) is 3.01. The van der Waals surface area contributed by atoms with Crippen LogP contribution in [0, 0.1) is 5.92 Å². The van der Waals surface area contributed by atoms with E-state index in [1.807, 2.05) is 26.8 Å². The summed E-state index contributed by atoms with van der Waals surface area (Å²) in [5.41, 5.74) is 3.19. The smallest absolute Gasteiger partial charge is 0.331 e. The monoisotopic (exact) mass is 346 g/mol. The van der Waals surface area contributed by atoms with Crippen molar-refractivity contribution < 1.29 is 24.2 Å². The van der Waals surface area contributed by atoms with Crippen molar-refractivity contribution in [1.82, 2.24) is 0 Å². The number of allylic oxidation sites excluding steroid dienone is 4. The van der Waals surface area contributed by atoms with E-state index in [1.165, 1.54) is 5.57 Å². The molecule has 1 fully saturated rings. The molecule has 5 nitrogen and oxygen atoms in total. The zero-order valence-corrected chi connectivity index (χ0v) is 15.0. The normalized spacial score (nSPS) is 26.6. The highest BCUT2D eigenvalue weighted by molar-refractivity contribution is 5.85. The van der Waals surface area contributed by atoms with Gasteiger partial charge in [-0.25, -0.2) is 4.79 Å². The Morgan fingerprint density at radius 1 is 1.32 bits per heavy atom. The van der Waals surface area contributed by atoms with E-state index in [0.29, 0.717) is 13.0 Å². The molecule has 2 aliphatic heterocycles. The van der Waals surface area contributed by atoms with Gasteiger partial charge in [0.05, 0.1) is 0 Å². The second-order valence-corrected chi connectivity index (χ2v) is 6.79. The maximum absolute atomic E-state index is 11.9. The van der Waals surface area contributed by atoms with Crippen LogP contribution in [-0.2, 0) is 19.1 Å². The summed E-state index contributed by atoms with van der Waals surface area (Å²) in [6.45, 7) is 6.23. The molecule has 0 unspecified atom stereocenters.